The van der Waals surface area contributed by atoms with Crippen molar-refractivity contribution >= 4 is 36.1 Å². The lowest BCUT2D eigenvalue weighted by molar-refractivity contribution is -0.344. The van der Waals surface area contributed by atoms with Crippen molar-refractivity contribution in [2.75, 3.05) is 20.3 Å². The van der Waals surface area contributed by atoms with E-state index in [1.807, 2.05) is 0 Å². The van der Waals surface area contributed by atoms with Crippen molar-refractivity contribution in [3.8, 4) is 0 Å². The summed E-state index contributed by atoms with van der Waals surface area (Å²) in [7, 11) is 1.14. The third-order valence-electron chi connectivity index (χ3n) is 6.13. The minimum absolute atomic E-state index is 0.0341. The molecule has 9 atom stereocenters. The van der Waals surface area contributed by atoms with Gasteiger partial charge in [-0.2, -0.15) is 0 Å². The molecule has 3 rings (SSSR count). The summed E-state index contributed by atoms with van der Waals surface area (Å²) in [4.78, 5) is 71.6. The predicted molar refractivity (Wildman–Crippen MR) is 125 cm³/mol. The number of aldehydes is 1. The minimum atomic E-state index is -1.63. The van der Waals surface area contributed by atoms with Crippen molar-refractivity contribution in [2.45, 2.75) is 77.2 Å². The van der Waals surface area contributed by atoms with Crippen LogP contribution in [0.1, 0.15) is 35.5 Å². The van der Waals surface area contributed by atoms with Crippen LogP contribution in [0.25, 0.3) is 0 Å². The zero-order chi connectivity index (χ0) is 30.5. The molecule has 0 aromatic carbocycles. The third kappa shape index (κ3) is 7.76. The molecule has 0 aromatic rings. The summed E-state index contributed by atoms with van der Waals surface area (Å²) in [5.74, 6) is -6.02. The van der Waals surface area contributed by atoms with Crippen LogP contribution < -0.4 is 0 Å². The Labute approximate surface area is 230 Å². The van der Waals surface area contributed by atoms with Gasteiger partial charge in [-0.15, -0.1) is 0 Å². The summed E-state index contributed by atoms with van der Waals surface area (Å²) in [5.41, 5.74) is -0.0341. The number of hydrogen-bond donors (Lipinski definition) is 0. The molecule has 0 amide bonds. The summed E-state index contributed by atoms with van der Waals surface area (Å²) in [6, 6.07) is 0. The number of rotatable bonds is 11. The molecule has 0 radical (unpaired) electrons. The Balaban J connectivity index is 2.04. The molecule has 3 heterocycles. The first-order chi connectivity index (χ1) is 19.3. The van der Waals surface area contributed by atoms with Gasteiger partial charge in [0.1, 0.15) is 19.0 Å². The zero-order valence-electron chi connectivity index (χ0n) is 23.5. The number of carbonyl (C=O) groups is 6. The van der Waals surface area contributed by atoms with Crippen LogP contribution >= 0.6 is 0 Å². The number of esters is 5. The fourth-order valence-corrected chi connectivity index (χ4v) is 4.55. The maximum Gasteiger partial charge on any atom is 0.337 e. The molecular formula is C25H32O15. The molecule has 0 saturated carbocycles. The van der Waals surface area contributed by atoms with E-state index in [2.05, 4.69) is 0 Å². The van der Waals surface area contributed by atoms with Gasteiger partial charge < -0.3 is 47.4 Å². The van der Waals surface area contributed by atoms with Crippen molar-refractivity contribution in [1.82, 2.24) is 0 Å². The molecule has 3 aliphatic heterocycles. The van der Waals surface area contributed by atoms with Crippen molar-refractivity contribution in [3.05, 3.63) is 11.8 Å². The molecule has 0 aliphatic carbocycles. The molecule has 222 valence electrons. The number of methoxy groups -OCH3 is 1. The normalized spacial score (nSPS) is 35.0. The van der Waals surface area contributed by atoms with Gasteiger partial charge in [0, 0.05) is 40.0 Å². The summed E-state index contributed by atoms with van der Waals surface area (Å²) in [6.07, 6.45) is -9.11. The summed E-state index contributed by atoms with van der Waals surface area (Å²) >= 11 is 0. The Morgan fingerprint density at radius 3 is 2.08 bits per heavy atom. The van der Waals surface area contributed by atoms with Crippen molar-refractivity contribution in [2.24, 2.45) is 11.8 Å². The molecule has 3 aliphatic rings. The van der Waals surface area contributed by atoms with Gasteiger partial charge in [-0.1, -0.05) is 0 Å². The molecule has 0 aromatic heterocycles. The summed E-state index contributed by atoms with van der Waals surface area (Å²) < 4.78 is 57.6. The topological polar surface area (TPSA) is 189 Å². The van der Waals surface area contributed by atoms with Crippen LogP contribution in [0.5, 0.6) is 0 Å². The molecule has 15 nitrogen and oxygen atoms in total. The lowest BCUT2D eigenvalue weighted by Gasteiger charge is -2.46. The van der Waals surface area contributed by atoms with Gasteiger partial charge in [-0.3, -0.25) is 19.2 Å². The van der Waals surface area contributed by atoms with Crippen molar-refractivity contribution in [3.63, 3.8) is 0 Å². The van der Waals surface area contributed by atoms with Crippen molar-refractivity contribution < 1.29 is 72.8 Å². The highest BCUT2D eigenvalue weighted by Gasteiger charge is 2.56. The van der Waals surface area contributed by atoms with E-state index >= 15 is 0 Å². The summed E-state index contributed by atoms with van der Waals surface area (Å²) in [5, 5.41) is 0. The maximum absolute atomic E-state index is 12.4. The van der Waals surface area contributed by atoms with E-state index in [9.17, 15) is 28.8 Å². The van der Waals surface area contributed by atoms with Crippen molar-refractivity contribution in [1.29, 1.82) is 0 Å². The monoisotopic (exact) mass is 573 g/mol. The van der Waals surface area contributed by atoms with E-state index < -0.39 is 91.4 Å². The van der Waals surface area contributed by atoms with Gasteiger partial charge >= 0.3 is 29.8 Å². The Morgan fingerprint density at radius 2 is 1.55 bits per heavy atom. The first-order valence-corrected chi connectivity index (χ1v) is 12.3. The Bertz CT molecular complexity index is 1070. The van der Waals surface area contributed by atoms with Crippen LogP contribution in [0.2, 0.25) is 0 Å². The molecular weight excluding hydrogens is 540 g/mol. The third-order valence-corrected chi connectivity index (χ3v) is 6.13. The van der Waals surface area contributed by atoms with Crippen LogP contribution in [0.3, 0.4) is 0 Å². The van der Waals surface area contributed by atoms with E-state index in [1.165, 1.54) is 0 Å². The van der Waals surface area contributed by atoms with Gasteiger partial charge in [0.05, 0.1) is 38.9 Å². The Morgan fingerprint density at radius 1 is 0.950 bits per heavy atom. The van der Waals surface area contributed by atoms with E-state index in [0.717, 1.165) is 41.1 Å². The number of hydrogen-bond acceptors (Lipinski definition) is 15. The zero-order valence-corrected chi connectivity index (χ0v) is 22.5. The first kappa shape index (κ1) is 29.4. The molecule has 0 unspecified atom stereocenters. The lowest BCUT2D eigenvalue weighted by Crippen LogP contribution is -2.63. The number of carbonyl (C=O) groups excluding carboxylic acids is 6. The van der Waals surface area contributed by atoms with E-state index in [4.69, 9.17) is 44.0 Å². The highest BCUT2D eigenvalue weighted by molar-refractivity contribution is 5.89. The quantitative estimate of drug-likeness (QED) is 0.136. The molecule has 15 heteroatoms. The van der Waals surface area contributed by atoms with Crippen LogP contribution in [-0.4, -0.2) is 99.5 Å². The first-order valence-electron chi connectivity index (χ1n) is 12.8. The van der Waals surface area contributed by atoms with Gasteiger partial charge in [-0.25, -0.2) is 4.79 Å². The second-order valence-corrected chi connectivity index (χ2v) is 9.06. The fourth-order valence-electron chi connectivity index (χ4n) is 4.55. The minimum Gasteiger partial charge on any atom is -0.471 e. The second-order valence-electron chi connectivity index (χ2n) is 9.06. The number of epoxide rings is 1. The molecule has 0 spiro atoms. The van der Waals surface area contributed by atoms with Gasteiger partial charge in [0.15, 0.2) is 18.3 Å². The largest absolute Gasteiger partial charge is 0.471 e. The lowest BCUT2D eigenvalue weighted by atomic mass is 9.80. The standard InChI is InChI=1S/C25H32O15/c1-11(27)33-10-18-20(36-12(2)28)21(37-13(3)29)22(38-14(4)30)25(39-18)40-24-19(17-9-34-17)15(6-7-26)16(8-35-24)23(31)32-5/h7-8,15,17-22,24-25H,6,9-10H2,1-5H3/t15-,17-,18-,19+,20-,21+,22-,24+,25+/m1/s1/i17D. The van der Waals surface area contributed by atoms with Gasteiger partial charge in [-0.05, 0) is 0 Å². The Kier molecular flexibility index (Phi) is 10.1. The highest BCUT2D eigenvalue weighted by atomic mass is 16.8. The smallest absolute Gasteiger partial charge is 0.337 e. The maximum atomic E-state index is 12.4. The summed E-state index contributed by atoms with van der Waals surface area (Å²) in [6.45, 7) is 3.78. The Hall–Kier alpha value is -3.56. The number of ether oxygens (including phenoxy) is 9. The molecule has 0 N–H and O–H groups in total. The SMILES string of the molecule is [2H][C@]1([C@H]2[C@H](O[C@@H]3O[C@H](COC(C)=O)[C@@H](OC(C)=O)[C@H](OC(C)=O)[C@H]3OC(C)=O)OC=C(C(=O)OC)[C@H]2CC=O)CO1. The van der Waals surface area contributed by atoms with Crippen LogP contribution in [-0.2, 0) is 71.4 Å². The average molecular weight is 574 g/mol. The van der Waals surface area contributed by atoms with Gasteiger partial charge in [0.2, 0.25) is 12.6 Å². The fraction of sp³-hybridized carbons (Fsp3) is 0.680. The molecule has 40 heavy (non-hydrogen) atoms. The van der Waals surface area contributed by atoms with Gasteiger partial charge in [0.25, 0.3) is 0 Å². The van der Waals surface area contributed by atoms with Crippen LogP contribution in [0.15, 0.2) is 11.8 Å². The van der Waals surface area contributed by atoms with E-state index in [0.29, 0.717) is 6.29 Å². The van der Waals surface area contributed by atoms with Crippen LogP contribution in [0.4, 0.5) is 0 Å². The molecule has 0 bridgehead atoms. The predicted octanol–water partition coefficient (Wildman–Crippen LogP) is -0.280. The van der Waals surface area contributed by atoms with Crippen LogP contribution in [0, 0.1) is 11.8 Å². The molecule has 2 fully saturated rings. The highest BCUT2D eigenvalue weighted by Crippen LogP contribution is 2.42. The van der Waals surface area contributed by atoms with E-state index in [-0.39, 0.29) is 18.6 Å². The molecule has 2 saturated heterocycles. The second kappa shape index (κ2) is 13.7. The average Bonchev–Trinajstić information content (AvgIpc) is 3.63. The van der Waals surface area contributed by atoms with E-state index in [1.54, 1.807) is 0 Å².